The summed E-state index contributed by atoms with van der Waals surface area (Å²) < 4.78 is 26.6. The molecule has 0 saturated heterocycles. The molecule has 0 heterocycles. The minimum Gasteiger partial charge on any atom is -0.355 e. The molecular formula is C28H31Cl2N3O4S. The average molecular weight is 577 g/mol. The van der Waals surface area contributed by atoms with Crippen LogP contribution in [0.2, 0.25) is 10.0 Å². The van der Waals surface area contributed by atoms with E-state index < -0.39 is 28.5 Å². The molecule has 3 aromatic carbocycles. The van der Waals surface area contributed by atoms with Crippen molar-refractivity contribution in [2.24, 2.45) is 0 Å². The standard InChI is InChI=1S/C28H31Cl2N3O4S/c1-4-31-28(35)25(17-21-11-6-5-7-12-21)32(18-22-13-8-10-20(2)16-22)26(34)19-33(38(3,36)37)24-15-9-14-23(29)27(24)30/h5-16,25H,4,17-19H2,1-3H3,(H,31,35)/t25-/m1/s1. The van der Waals surface area contributed by atoms with Crippen molar-refractivity contribution in [2.75, 3.05) is 23.7 Å². The maximum absolute atomic E-state index is 14.0. The fourth-order valence-corrected chi connectivity index (χ4v) is 5.44. The summed E-state index contributed by atoms with van der Waals surface area (Å²) >= 11 is 12.5. The number of aryl methyl sites for hydroxylation is 1. The van der Waals surface area contributed by atoms with Gasteiger partial charge >= 0.3 is 0 Å². The third-order valence-electron chi connectivity index (χ3n) is 5.94. The zero-order chi connectivity index (χ0) is 27.9. The van der Waals surface area contributed by atoms with E-state index in [1.165, 1.54) is 17.0 Å². The highest BCUT2D eigenvalue weighted by atomic mass is 35.5. The van der Waals surface area contributed by atoms with Crippen molar-refractivity contribution < 1.29 is 18.0 Å². The van der Waals surface area contributed by atoms with E-state index >= 15 is 0 Å². The third kappa shape index (κ3) is 7.72. The summed E-state index contributed by atoms with van der Waals surface area (Å²) in [5, 5.41) is 3.00. The SMILES string of the molecule is CCNC(=O)[C@@H](Cc1ccccc1)N(Cc1cccc(C)c1)C(=O)CN(c1cccc(Cl)c1Cl)S(C)(=O)=O. The second kappa shape index (κ2) is 13.1. The molecule has 10 heteroatoms. The molecule has 3 rings (SSSR count). The van der Waals surface area contributed by atoms with E-state index in [1.54, 1.807) is 13.0 Å². The van der Waals surface area contributed by atoms with Gasteiger partial charge in [-0.15, -0.1) is 0 Å². The van der Waals surface area contributed by atoms with Crippen LogP contribution in [0, 0.1) is 6.92 Å². The fourth-order valence-electron chi connectivity index (χ4n) is 4.13. The van der Waals surface area contributed by atoms with E-state index in [0.29, 0.717) is 6.54 Å². The molecule has 38 heavy (non-hydrogen) atoms. The van der Waals surface area contributed by atoms with Gasteiger partial charge in [-0.25, -0.2) is 8.42 Å². The minimum absolute atomic E-state index is 0.0159. The molecule has 0 aromatic heterocycles. The molecule has 202 valence electrons. The highest BCUT2D eigenvalue weighted by Crippen LogP contribution is 2.33. The molecule has 0 fully saturated rings. The Kier molecular flexibility index (Phi) is 10.2. The van der Waals surface area contributed by atoms with Gasteiger partial charge < -0.3 is 10.2 Å². The van der Waals surface area contributed by atoms with Crippen LogP contribution in [-0.4, -0.2) is 50.5 Å². The first-order valence-electron chi connectivity index (χ1n) is 12.1. The smallest absolute Gasteiger partial charge is 0.244 e. The Labute approximate surface area is 234 Å². The van der Waals surface area contributed by atoms with Crippen LogP contribution >= 0.6 is 23.2 Å². The molecule has 0 aliphatic heterocycles. The highest BCUT2D eigenvalue weighted by molar-refractivity contribution is 7.92. The van der Waals surface area contributed by atoms with Gasteiger partial charge in [0.2, 0.25) is 21.8 Å². The van der Waals surface area contributed by atoms with Crippen LogP contribution in [0.15, 0.2) is 72.8 Å². The molecule has 0 radical (unpaired) electrons. The molecule has 3 aromatic rings. The summed E-state index contributed by atoms with van der Waals surface area (Å²) in [5.74, 6) is -0.885. The second-order valence-electron chi connectivity index (χ2n) is 8.95. The quantitative estimate of drug-likeness (QED) is 0.354. The van der Waals surface area contributed by atoms with Crippen LogP contribution in [0.5, 0.6) is 0 Å². The van der Waals surface area contributed by atoms with E-state index in [0.717, 1.165) is 27.3 Å². The monoisotopic (exact) mass is 575 g/mol. The van der Waals surface area contributed by atoms with Crippen LogP contribution in [0.25, 0.3) is 0 Å². The van der Waals surface area contributed by atoms with Gasteiger partial charge in [-0.3, -0.25) is 13.9 Å². The first kappa shape index (κ1) is 29.5. The van der Waals surface area contributed by atoms with Gasteiger partial charge in [-0.2, -0.15) is 0 Å². The lowest BCUT2D eigenvalue weighted by molar-refractivity contribution is -0.140. The van der Waals surface area contributed by atoms with E-state index in [1.807, 2.05) is 61.5 Å². The van der Waals surface area contributed by atoms with Gasteiger partial charge in [-0.1, -0.05) is 89.4 Å². The van der Waals surface area contributed by atoms with Gasteiger partial charge in [0.15, 0.2) is 0 Å². The number of nitrogens with zero attached hydrogens (tertiary/aromatic N) is 2. The van der Waals surface area contributed by atoms with Crippen LogP contribution in [0.4, 0.5) is 5.69 Å². The molecule has 1 atom stereocenters. The maximum Gasteiger partial charge on any atom is 0.244 e. The Morgan fingerprint density at radius 1 is 0.947 bits per heavy atom. The number of benzene rings is 3. The Morgan fingerprint density at radius 2 is 1.61 bits per heavy atom. The summed E-state index contributed by atoms with van der Waals surface area (Å²) in [6, 6.07) is 20.7. The molecule has 0 aliphatic carbocycles. The van der Waals surface area contributed by atoms with Crippen molar-refractivity contribution in [1.82, 2.24) is 10.2 Å². The predicted octanol–water partition coefficient (Wildman–Crippen LogP) is 4.84. The summed E-state index contributed by atoms with van der Waals surface area (Å²) in [7, 11) is -3.94. The molecular weight excluding hydrogens is 545 g/mol. The molecule has 0 aliphatic rings. The summed E-state index contributed by atoms with van der Waals surface area (Å²) in [6.45, 7) is 3.67. The first-order chi connectivity index (χ1) is 18.0. The first-order valence-corrected chi connectivity index (χ1v) is 14.7. The van der Waals surface area contributed by atoms with Crippen molar-refractivity contribution >= 4 is 50.7 Å². The number of hydrogen-bond donors (Lipinski definition) is 1. The van der Waals surface area contributed by atoms with Crippen molar-refractivity contribution in [1.29, 1.82) is 0 Å². The molecule has 0 bridgehead atoms. The van der Waals surface area contributed by atoms with Crippen molar-refractivity contribution in [3.05, 3.63) is 99.5 Å². The minimum atomic E-state index is -3.94. The maximum atomic E-state index is 14.0. The van der Waals surface area contributed by atoms with Crippen LogP contribution in [0.1, 0.15) is 23.6 Å². The highest BCUT2D eigenvalue weighted by Gasteiger charge is 2.33. The zero-order valence-corrected chi connectivity index (χ0v) is 23.9. The van der Waals surface area contributed by atoms with Gasteiger partial charge in [0.05, 0.1) is 22.0 Å². The number of halogens is 2. The number of carbonyl (C=O) groups is 2. The van der Waals surface area contributed by atoms with Gasteiger partial charge in [0.1, 0.15) is 12.6 Å². The molecule has 7 nitrogen and oxygen atoms in total. The fraction of sp³-hybridized carbons (Fsp3) is 0.286. The van der Waals surface area contributed by atoms with Crippen molar-refractivity contribution in [3.8, 4) is 0 Å². The normalized spacial score (nSPS) is 12.0. The lowest BCUT2D eigenvalue weighted by Crippen LogP contribution is -2.53. The van der Waals surface area contributed by atoms with Crippen LogP contribution in [-0.2, 0) is 32.6 Å². The van der Waals surface area contributed by atoms with E-state index in [9.17, 15) is 18.0 Å². The Morgan fingerprint density at radius 3 is 2.24 bits per heavy atom. The predicted molar refractivity (Wildman–Crippen MR) is 153 cm³/mol. The molecule has 0 unspecified atom stereocenters. The van der Waals surface area contributed by atoms with E-state index in [2.05, 4.69) is 5.32 Å². The number of rotatable bonds is 11. The van der Waals surface area contributed by atoms with E-state index in [4.69, 9.17) is 23.2 Å². The number of amides is 2. The average Bonchev–Trinajstić information content (AvgIpc) is 2.86. The molecule has 0 saturated carbocycles. The number of hydrogen-bond acceptors (Lipinski definition) is 4. The molecule has 2 amide bonds. The Bertz CT molecular complexity index is 1380. The zero-order valence-electron chi connectivity index (χ0n) is 21.5. The van der Waals surface area contributed by atoms with Crippen LogP contribution < -0.4 is 9.62 Å². The number of carbonyl (C=O) groups excluding carboxylic acids is 2. The Balaban J connectivity index is 2.07. The second-order valence-corrected chi connectivity index (χ2v) is 11.6. The molecule has 0 spiro atoms. The van der Waals surface area contributed by atoms with Crippen LogP contribution in [0.3, 0.4) is 0 Å². The number of likely N-dealkylation sites (N-methyl/N-ethyl adjacent to an activating group) is 1. The lowest BCUT2D eigenvalue weighted by atomic mass is 10.0. The summed E-state index contributed by atoms with van der Waals surface area (Å²) in [6.07, 6.45) is 1.24. The summed E-state index contributed by atoms with van der Waals surface area (Å²) in [4.78, 5) is 28.7. The van der Waals surface area contributed by atoms with E-state index in [-0.39, 0.29) is 34.6 Å². The molecule has 1 N–H and O–H groups in total. The number of sulfonamides is 1. The Hall–Kier alpha value is -3.07. The number of nitrogens with one attached hydrogen (secondary N) is 1. The van der Waals surface area contributed by atoms with Gasteiger partial charge in [0.25, 0.3) is 0 Å². The van der Waals surface area contributed by atoms with Crippen molar-refractivity contribution in [2.45, 2.75) is 32.9 Å². The topological polar surface area (TPSA) is 86.8 Å². The summed E-state index contributed by atoms with van der Waals surface area (Å²) in [5.41, 5.74) is 2.76. The third-order valence-corrected chi connectivity index (χ3v) is 7.87. The van der Waals surface area contributed by atoms with Gasteiger partial charge in [-0.05, 0) is 37.1 Å². The lowest BCUT2D eigenvalue weighted by Gasteiger charge is -2.33. The van der Waals surface area contributed by atoms with Gasteiger partial charge in [0, 0.05) is 19.5 Å². The largest absolute Gasteiger partial charge is 0.355 e. The number of anilines is 1. The van der Waals surface area contributed by atoms with Crippen molar-refractivity contribution in [3.63, 3.8) is 0 Å².